The van der Waals surface area contributed by atoms with Crippen molar-refractivity contribution >= 4 is 25.6 Å². The maximum Gasteiger partial charge on any atom is 0.270 e. The zero-order chi connectivity index (χ0) is 16.2. The van der Waals surface area contributed by atoms with E-state index in [4.69, 9.17) is 15.4 Å². The number of likely N-dealkylation sites (N-methyl/N-ethyl adjacent to an activating group) is 1. The summed E-state index contributed by atoms with van der Waals surface area (Å²) in [6, 6.07) is 1.26. The molecule has 120 valence electrons. The average molecular weight is 337 g/mol. The first-order chi connectivity index (χ1) is 9.72. The zero-order valence-corrected chi connectivity index (χ0v) is 14.2. The van der Waals surface area contributed by atoms with Gasteiger partial charge < -0.3 is 14.2 Å². The fraction of sp³-hybridized carbons (Fsp3) is 0.615. The molecule has 1 amide bonds. The van der Waals surface area contributed by atoms with Gasteiger partial charge in [0, 0.05) is 43.1 Å². The lowest BCUT2D eigenvalue weighted by atomic mass is 10.3. The molecule has 0 atom stereocenters. The van der Waals surface area contributed by atoms with Crippen molar-refractivity contribution in [3.8, 4) is 0 Å². The smallest absolute Gasteiger partial charge is 0.270 e. The topological polar surface area (TPSA) is 68.6 Å². The Balaban J connectivity index is 3.21. The lowest BCUT2D eigenvalue weighted by Gasteiger charge is -2.22. The Bertz CT molecular complexity index is 595. The Kier molecular flexibility index (Phi) is 6.24. The number of carbonyl (C=O) groups is 1. The summed E-state index contributed by atoms with van der Waals surface area (Å²) < 4.78 is 29.5. The molecular formula is C13H21ClN2O4S. The molecular weight excluding hydrogens is 316 g/mol. The van der Waals surface area contributed by atoms with E-state index in [1.54, 1.807) is 16.6 Å². The molecule has 0 fully saturated rings. The van der Waals surface area contributed by atoms with Gasteiger partial charge in [-0.25, -0.2) is 8.42 Å². The number of aromatic nitrogens is 1. The molecule has 0 aliphatic carbocycles. The van der Waals surface area contributed by atoms with Gasteiger partial charge >= 0.3 is 0 Å². The van der Waals surface area contributed by atoms with Crippen LogP contribution < -0.4 is 0 Å². The monoisotopic (exact) mass is 336 g/mol. The molecule has 1 aromatic heterocycles. The van der Waals surface area contributed by atoms with Crippen LogP contribution in [0.2, 0.25) is 0 Å². The predicted molar refractivity (Wildman–Crippen MR) is 81.3 cm³/mol. The fourth-order valence-electron chi connectivity index (χ4n) is 1.95. The number of ether oxygens (including phenoxy) is 1. The van der Waals surface area contributed by atoms with E-state index in [-0.39, 0.29) is 16.8 Å². The van der Waals surface area contributed by atoms with Gasteiger partial charge in [0.1, 0.15) is 10.6 Å². The standard InChI is InChI=1S/C13H21ClN2O4S/c1-5-15(6-7-20-4)13(17)12-8-11(21(14,18)19)9-16(12)10(2)3/h8-10H,5-7H2,1-4H3. The van der Waals surface area contributed by atoms with E-state index in [0.29, 0.717) is 25.4 Å². The minimum absolute atomic E-state index is 0.0581. The fourth-order valence-corrected chi connectivity index (χ4v) is 2.70. The lowest BCUT2D eigenvalue weighted by Crippen LogP contribution is -2.35. The van der Waals surface area contributed by atoms with E-state index in [2.05, 4.69) is 0 Å². The third-order valence-corrected chi connectivity index (χ3v) is 4.44. The second kappa shape index (κ2) is 7.29. The summed E-state index contributed by atoms with van der Waals surface area (Å²) in [5.74, 6) is -0.241. The number of hydrogen-bond acceptors (Lipinski definition) is 4. The van der Waals surface area contributed by atoms with Crippen LogP contribution in [-0.2, 0) is 13.8 Å². The van der Waals surface area contributed by atoms with Gasteiger partial charge in [-0.15, -0.1) is 0 Å². The quantitative estimate of drug-likeness (QED) is 0.715. The summed E-state index contributed by atoms with van der Waals surface area (Å²) in [5, 5.41) is 0. The Morgan fingerprint density at radius 3 is 2.52 bits per heavy atom. The van der Waals surface area contributed by atoms with Gasteiger partial charge in [-0.1, -0.05) is 0 Å². The molecule has 1 heterocycles. The van der Waals surface area contributed by atoms with Crippen molar-refractivity contribution in [2.45, 2.75) is 31.7 Å². The summed E-state index contributed by atoms with van der Waals surface area (Å²) in [6.45, 7) is 6.96. The first-order valence-corrected chi connectivity index (χ1v) is 8.98. The van der Waals surface area contributed by atoms with Crippen LogP contribution in [0.25, 0.3) is 0 Å². The third kappa shape index (κ3) is 4.46. The molecule has 0 aromatic carbocycles. The highest BCUT2D eigenvalue weighted by molar-refractivity contribution is 8.13. The summed E-state index contributed by atoms with van der Waals surface area (Å²) in [4.78, 5) is 14.1. The molecule has 1 rings (SSSR count). The summed E-state index contributed by atoms with van der Waals surface area (Å²) >= 11 is 0. The maximum atomic E-state index is 12.6. The number of carbonyl (C=O) groups excluding carboxylic acids is 1. The van der Waals surface area contributed by atoms with E-state index in [1.807, 2.05) is 20.8 Å². The number of nitrogens with zero attached hydrogens (tertiary/aromatic N) is 2. The van der Waals surface area contributed by atoms with Crippen molar-refractivity contribution in [2.75, 3.05) is 26.8 Å². The molecule has 21 heavy (non-hydrogen) atoms. The number of rotatable bonds is 7. The molecule has 1 aromatic rings. The van der Waals surface area contributed by atoms with Gasteiger partial charge in [0.15, 0.2) is 0 Å². The first kappa shape index (κ1) is 18.0. The molecule has 8 heteroatoms. The van der Waals surface area contributed by atoms with Crippen LogP contribution in [0.5, 0.6) is 0 Å². The largest absolute Gasteiger partial charge is 0.383 e. The number of hydrogen-bond donors (Lipinski definition) is 0. The van der Waals surface area contributed by atoms with E-state index >= 15 is 0 Å². The van der Waals surface area contributed by atoms with Gasteiger partial charge in [-0.2, -0.15) is 0 Å². The van der Waals surface area contributed by atoms with E-state index in [0.717, 1.165) is 0 Å². The average Bonchev–Trinajstić information content (AvgIpc) is 2.84. The number of halogens is 1. The summed E-state index contributed by atoms with van der Waals surface area (Å²) in [7, 11) is 3.06. The van der Waals surface area contributed by atoms with Gasteiger partial charge in [0.05, 0.1) is 6.61 Å². The second-order valence-corrected chi connectivity index (χ2v) is 7.44. The van der Waals surface area contributed by atoms with Gasteiger partial charge in [0.2, 0.25) is 0 Å². The van der Waals surface area contributed by atoms with Gasteiger partial charge in [0.25, 0.3) is 15.0 Å². The van der Waals surface area contributed by atoms with Crippen molar-refractivity contribution in [3.05, 3.63) is 18.0 Å². The van der Waals surface area contributed by atoms with Crippen molar-refractivity contribution < 1.29 is 17.9 Å². The molecule has 0 spiro atoms. The molecule has 0 unspecified atom stereocenters. The highest BCUT2D eigenvalue weighted by Crippen LogP contribution is 2.23. The summed E-state index contributed by atoms with van der Waals surface area (Å²) in [6.07, 6.45) is 1.39. The molecule has 0 aliphatic rings. The predicted octanol–water partition coefficient (Wildman–Crippen LogP) is 2.11. The van der Waals surface area contributed by atoms with Crippen molar-refractivity contribution in [3.63, 3.8) is 0 Å². The minimum Gasteiger partial charge on any atom is -0.383 e. The van der Waals surface area contributed by atoms with Crippen LogP contribution in [-0.4, -0.2) is 50.6 Å². The maximum absolute atomic E-state index is 12.6. The van der Waals surface area contributed by atoms with Crippen LogP contribution in [0.1, 0.15) is 37.3 Å². The molecule has 0 saturated carbocycles. The van der Waals surface area contributed by atoms with E-state index < -0.39 is 9.05 Å². The Morgan fingerprint density at radius 2 is 2.10 bits per heavy atom. The number of amides is 1. The molecule has 0 bridgehead atoms. The molecule has 0 aliphatic heterocycles. The molecule has 0 radical (unpaired) electrons. The SMILES string of the molecule is CCN(CCOC)C(=O)c1cc(S(=O)(=O)Cl)cn1C(C)C. The molecule has 6 nitrogen and oxygen atoms in total. The highest BCUT2D eigenvalue weighted by Gasteiger charge is 2.24. The van der Waals surface area contributed by atoms with E-state index in [9.17, 15) is 13.2 Å². The second-order valence-electron chi connectivity index (χ2n) is 4.88. The molecule has 0 N–H and O–H groups in total. The van der Waals surface area contributed by atoms with Gasteiger partial charge in [-0.05, 0) is 26.8 Å². The zero-order valence-electron chi connectivity index (χ0n) is 12.7. The third-order valence-electron chi connectivity index (χ3n) is 3.11. The van der Waals surface area contributed by atoms with E-state index in [1.165, 1.54) is 12.3 Å². The van der Waals surface area contributed by atoms with Crippen LogP contribution in [0.15, 0.2) is 17.2 Å². The van der Waals surface area contributed by atoms with Crippen molar-refractivity contribution in [1.29, 1.82) is 0 Å². The Hall–Kier alpha value is -1.05. The highest BCUT2D eigenvalue weighted by atomic mass is 35.7. The number of methoxy groups -OCH3 is 1. The van der Waals surface area contributed by atoms with Crippen molar-refractivity contribution in [2.24, 2.45) is 0 Å². The first-order valence-electron chi connectivity index (χ1n) is 6.67. The Morgan fingerprint density at radius 1 is 1.48 bits per heavy atom. The normalized spacial score (nSPS) is 11.9. The Labute approximate surface area is 130 Å². The van der Waals surface area contributed by atoms with Gasteiger partial charge in [-0.3, -0.25) is 4.79 Å². The molecule has 0 saturated heterocycles. The van der Waals surface area contributed by atoms with Crippen LogP contribution in [0.3, 0.4) is 0 Å². The van der Waals surface area contributed by atoms with Crippen molar-refractivity contribution in [1.82, 2.24) is 9.47 Å². The van der Waals surface area contributed by atoms with Crippen LogP contribution in [0, 0.1) is 0 Å². The van der Waals surface area contributed by atoms with Crippen LogP contribution >= 0.6 is 10.7 Å². The van der Waals surface area contributed by atoms with Crippen LogP contribution in [0.4, 0.5) is 0 Å². The summed E-state index contributed by atoms with van der Waals surface area (Å²) in [5.41, 5.74) is 0.308. The minimum atomic E-state index is -3.86. The lowest BCUT2D eigenvalue weighted by molar-refractivity contribution is 0.0694.